The van der Waals surface area contributed by atoms with Crippen LogP contribution in [0.5, 0.6) is 0 Å². The Hall–Kier alpha value is -1.73. The van der Waals surface area contributed by atoms with E-state index in [-0.39, 0.29) is 18.8 Å². The normalized spacial score (nSPS) is 19.7. The van der Waals surface area contributed by atoms with Crippen molar-refractivity contribution in [3.8, 4) is 0 Å². The zero-order valence-electron chi connectivity index (χ0n) is 17.0. The molecule has 1 aromatic carbocycles. The fourth-order valence-electron chi connectivity index (χ4n) is 4.44. The van der Waals surface area contributed by atoms with E-state index in [9.17, 15) is 8.78 Å². The molecule has 2 N–H and O–H groups in total. The van der Waals surface area contributed by atoms with Gasteiger partial charge in [0.05, 0.1) is 5.69 Å². The van der Waals surface area contributed by atoms with E-state index in [1.807, 2.05) is 19.2 Å². The molecule has 4 rings (SSSR count). The summed E-state index contributed by atoms with van der Waals surface area (Å²) >= 11 is 1.57. The second kappa shape index (κ2) is 8.56. The van der Waals surface area contributed by atoms with E-state index in [2.05, 4.69) is 28.0 Å². The fourth-order valence-corrected chi connectivity index (χ4v) is 5.05. The van der Waals surface area contributed by atoms with Gasteiger partial charge in [-0.2, -0.15) is 0 Å². The van der Waals surface area contributed by atoms with Crippen LogP contribution in [0.4, 0.5) is 20.4 Å². The summed E-state index contributed by atoms with van der Waals surface area (Å²) in [4.78, 5) is 10.5. The number of halogens is 2. The van der Waals surface area contributed by atoms with Crippen LogP contribution in [0.2, 0.25) is 0 Å². The quantitative estimate of drug-likeness (QED) is 0.538. The molecule has 0 radical (unpaired) electrons. The molecular formula is C22H28F2N4S. The number of alkyl halides is 2. The standard InChI is InChI=1S/C22H28F2N4S/c1-14-10-17(29-25-2)8-9-19(14)27-21-26-13-18(16-11-22(23,24)12-16)20(28-21)15-6-4-3-5-7-15/h8-10,13,15-16,25H,3-7,11-12H2,1-2H3,(H,26,27,28). The first kappa shape index (κ1) is 20.5. The zero-order chi connectivity index (χ0) is 20.4. The van der Waals surface area contributed by atoms with Crippen molar-refractivity contribution in [3.05, 3.63) is 41.2 Å². The summed E-state index contributed by atoms with van der Waals surface area (Å²) in [6, 6.07) is 6.18. The Morgan fingerprint density at radius 1 is 1.10 bits per heavy atom. The third kappa shape index (κ3) is 4.72. The molecule has 0 bridgehead atoms. The maximum Gasteiger partial charge on any atom is 0.249 e. The van der Waals surface area contributed by atoms with E-state index < -0.39 is 5.92 Å². The molecule has 0 amide bonds. The van der Waals surface area contributed by atoms with Crippen molar-refractivity contribution in [2.45, 2.75) is 74.5 Å². The minimum Gasteiger partial charge on any atom is -0.324 e. The molecule has 0 spiro atoms. The summed E-state index contributed by atoms with van der Waals surface area (Å²) in [7, 11) is 1.90. The van der Waals surface area contributed by atoms with Gasteiger partial charge in [0.25, 0.3) is 0 Å². The maximum atomic E-state index is 13.5. The second-order valence-electron chi connectivity index (χ2n) is 8.24. The number of nitrogens with one attached hydrogen (secondary N) is 2. The maximum absolute atomic E-state index is 13.5. The molecule has 0 unspecified atom stereocenters. The molecule has 7 heteroatoms. The Morgan fingerprint density at radius 3 is 2.52 bits per heavy atom. The highest BCUT2D eigenvalue weighted by Crippen LogP contribution is 2.50. The Kier molecular flexibility index (Phi) is 6.06. The molecule has 2 saturated carbocycles. The number of nitrogens with zero attached hydrogens (tertiary/aromatic N) is 2. The van der Waals surface area contributed by atoms with Crippen molar-refractivity contribution < 1.29 is 8.78 Å². The lowest BCUT2D eigenvalue weighted by Crippen LogP contribution is -2.34. The molecule has 4 nitrogen and oxygen atoms in total. The van der Waals surface area contributed by atoms with Crippen LogP contribution in [0.25, 0.3) is 0 Å². The molecule has 2 aliphatic carbocycles. The monoisotopic (exact) mass is 418 g/mol. The van der Waals surface area contributed by atoms with Crippen molar-refractivity contribution in [2.24, 2.45) is 0 Å². The van der Waals surface area contributed by atoms with Gasteiger partial charge in [-0.05, 0) is 74.0 Å². The van der Waals surface area contributed by atoms with Gasteiger partial charge in [-0.1, -0.05) is 19.3 Å². The van der Waals surface area contributed by atoms with E-state index in [1.54, 1.807) is 18.1 Å². The highest BCUT2D eigenvalue weighted by molar-refractivity contribution is 7.97. The van der Waals surface area contributed by atoms with Gasteiger partial charge < -0.3 is 5.32 Å². The van der Waals surface area contributed by atoms with Crippen molar-refractivity contribution in [1.29, 1.82) is 0 Å². The summed E-state index contributed by atoms with van der Waals surface area (Å²) < 4.78 is 30.1. The van der Waals surface area contributed by atoms with E-state index in [0.29, 0.717) is 11.9 Å². The molecule has 156 valence electrons. The van der Waals surface area contributed by atoms with Crippen molar-refractivity contribution in [2.75, 3.05) is 12.4 Å². The largest absolute Gasteiger partial charge is 0.324 e. The van der Waals surface area contributed by atoms with Crippen LogP contribution in [0.3, 0.4) is 0 Å². The van der Waals surface area contributed by atoms with Gasteiger partial charge in [0.2, 0.25) is 11.9 Å². The summed E-state index contributed by atoms with van der Waals surface area (Å²) in [6.07, 6.45) is 7.42. The molecule has 2 fully saturated rings. The molecule has 0 saturated heterocycles. The van der Waals surface area contributed by atoms with Crippen LogP contribution in [-0.2, 0) is 0 Å². The van der Waals surface area contributed by atoms with Crippen LogP contribution in [0.1, 0.15) is 73.6 Å². The van der Waals surface area contributed by atoms with Crippen LogP contribution in [0.15, 0.2) is 29.3 Å². The first-order valence-electron chi connectivity index (χ1n) is 10.4. The molecule has 2 aromatic rings. The fraction of sp³-hybridized carbons (Fsp3) is 0.545. The van der Waals surface area contributed by atoms with Gasteiger partial charge in [-0.15, -0.1) is 0 Å². The number of anilines is 2. The Balaban J connectivity index is 1.59. The average molecular weight is 419 g/mol. The summed E-state index contributed by atoms with van der Waals surface area (Å²) in [5.41, 5.74) is 3.99. The van der Waals surface area contributed by atoms with E-state index in [0.717, 1.165) is 40.2 Å². The minimum atomic E-state index is -2.53. The van der Waals surface area contributed by atoms with Crippen LogP contribution >= 0.6 is 11.9 Å². The van der Waals surface area contributed by atoms with Crippen molar-refractivity contribution >= 4 is 23.6 Å². The van der Waals surface area contributed by atoms with Gasteiger partial charge >= 0.3 is 0 Å². The lowest BCUT2D eigenvalue weighted by atomic mass is 9.74. The molecule has 1 aromatic heterocycles. The van der Waals surface area contributed by atoms with Gasteiger partial charge in [0, 0.05) is 35.5 Å². The number of benzene rings is 1. The van der Waals surface area contributed by atoms with Gasteiger partial charge in [-0.3, -0.25) is 4.72 Å². The molecule has 0 aliphatic heterocycles. The third-order valence-electron chi connectivity index (χ3n) is 6.03. The third-order valence-corrected chi connectivity index (χ3v) is 6.73. The zero-order valence-corrected chi connectivity index (χ0v) is 17.8. The topological polar surface area (TPSA) is 49.8 Å². The number of rotatable bonds is 6. The van der Waals surface area contributed by atoms with Crippen LogP contribution < -0.4 is 10.0 Å². The smallest absolute Gasteiger partial charge is 0.249 e. The predicted octanol–water partition coefficient (Wildman–Crippen LogP) is 6.32. The van der Waals surface area contributed by atoms with E-state index in [4.69, 9.17) is 4.98 Å². The Morgan fingerprint density at radius 2 is 1.86 bits per heavy atom. The number of hydrogen-bond donors (Lipinski definition) is 2. The predicted molar refractivity (Wildman–Crippen MR) is 114 cm³/mol. The Labute approximate surface area is 175 Å². The van der Waals surface area contributed by atoms with E-state index in [1.165, 1.54) is 19.3 Å². The first-order chi connectivity index (χ1) is 13.9. The molecular weight excluding hydrogens is 390 g/mol. The average Bonchev–Trinajstić information content (AvgIpc) is 2.69. The van der Waals surface area contributed by atoms with Crippen molar-refractivity contribution in [3.63, 3.8) is 0 Å². The number of hydrogen-bond acceptors (Lipinski definition) is 5. The Bertz CT molecular complexity index is 860. The number of aromatic nitrogens is 2. The molecule has 29 heavy (non-hydrogen) atoms. The highest BCUT2D eigenvalue weighted by atomic mass is 32.2. The first-order valence-corrected chi connectivity index (χ1v) is 11.2. The highest BCUT2D eigenvalue weighted by Gasteiger charge is 2.47. The van der Waals surface area contributed by atoms with Crippen LogP contribution in [0, 0.1) is 6.92 Å². The summed E-state index contributed by atoms with van der Waals surface area (Å²) in [5, 5.41) is 3.34. The molecule has 0 atom stereocenters. The van der Waals surface area contributed by atoms with Gasteiger partial charge in [0.1, 0.15) is 0 Å². The van der Waals surface area contributed by atoms with Crippen molar-refractivity contribution in [1.82, 2.24) is 14.7 Å². The summed E-state index contributed by atoms with van der Waals surface area (Å²) in [6.45, 7) is 2.05. The van der Waals surface area contributed by atoms with E-state index >= 15 is 0 Å². The summed E-state index contributed by atoms with van der Waals surface area (Å²) in [5.74, 6) is -1.74. The number of aryl methyl sites for hydroxylation is 1. The molecule has 1 heterocycles. The second-order valence-corrected chi connectivity index (χ2v) is 9.32. The molecule has 2 aliphatic rings. The lowest BCUT2D eigenvalue weighted by Gasteiger charge is -2.37. The minimum absolute atomic E-state index is 0.0768. The van der Waals surface area contributed by atoms with Crippen LogP contribution in [-0.4, -0.2) is 22.9 Å². The lowest BCUT2D eigenvalue weighted by molar-refractivity contribution is -0.0871. The van der Waals surface area contributed by atoms with Gasteiger partial charge in [0.15, 0.2) is 0 Å². The SMILES string of the molecule is CNSc1ccc(Nc2ncc(C3CC(F)(F)C3)c(C3CCCCC3)n2)c(C)c1. The van der Waals surface area contributed by atoms with Gasteiger partial charge in [-0.25, -0.2) is 18.7 Å².